The number of ether oxygens (including phenoxy) is 6. The average molecular weight is 637 g/mol. The van der Waals surface area contributed by atoms with Crippen LogP contribution in [0.4, 0.5) is 0 Å². The number of hydrogen-bond acceptors (Lipinski definition) is 10. The molecule has 0 N–H and O–H groups in total. The highest BCUT2D eigenvalue weighted by molar-refractivity contribution is 5.87. The molecule has 0 aliphatic carbocycles. The first-order valence-electron chi connectivity index (χ1n) is 11.9. The van der Waals surface area contributed by atoms with Crippen LogP contribution in [0.5, 0.6) is 11.5 Å². The van der Waals surface area contributed by atoms with E-state index >= 15 is 0 Å². The van der Waals surface area contributed by atoms with Crippen LogP contribution in [0.25, 0.3) is 0 Å². The number of benzene rings is 2. The van der Waals surface area contributed by atoms with E-state index in [1.807, 2.05) is 0 Å². The summed E-state index contributed by atoms with van der Waals surface area (Å²) < 4.78 is 30.6. The monoisotopic (exact) mass is 636 g/mol. The first kappa shape index (κ1) is 50.0. The second kappa shape index (κ2) is 24.8. The zero-order chi connectivity index (χ0) is 28.9. The SMILES string of the molecule is C.C.C.C.C.C.C=C(C)C(=O)OCOc1ccc(CC(=O)OCOC(=O)Cc2ccc(OCOC(=O)C(=C)C)cc2C)c(C)c1. The maximum Gasteiger partial charge on any atom is 0.335 e. The Morgan fingerprint density at radius 1 is 0.556 bits per heavy atom. The molecule has 45 heavy (non-hydrogen) atoms. The lowest BCUT2D eigenvalue weighted by Gasteiger charge is -2.12. The van der Waals surface area contributed by atoms with Gasteiger partial charge in [0.25, 0.3) is 0 Å². The molecule has 0 saturated carbocycles. The summed E-state index contributed by atoms with van der Waals surface area (Å²) >= 11 is 0. The maximum absolute atomic E-state index is 12.2. The molecule has 0 amide bonds. The van der Waals surface area contributed by atoms with Gasteiger partial charge >= 0.3 is 23.9 Å². The van der Waals surface area contributed by atoms with E-state index in [0.29, 0.717) is 22.6 Å². The van der Waals surface area contributed by atoms with Gasteiger partial charge in [0.15, 0.2) is 0 Å². The minimum Gasteiger partial charge on any atom is -0.457 e. The van der Waals surface area contributed by atoms with Gasteiger partial charge in [0.2, 0.25) is 20.4 Å². The van der Waals surface area contributed by atoms with Crippen LogP contribution in [0.1, 0.15) is 80.7 Å². The molecule has 0 atom stereocenters. The summed E-state index contributed by atoms with van der Waals surface area (Å²) in [7, 11) is 0. The van der Waals surface area contributed by atoms with Gasteiger partial charge in [0.05, 0.1) is 12.8 Å². The molecule has 10 heteroatoms. The Bertz CT molecular complexity index is 1150. The van der Waals surface area contributed by atoms with Crippen molar-refractivity contribution < 1.29 is 47.6 Å². The van der Waals surface area contributed by atoms with Crippen molar-refractivity contribution in [2.45, 2.75) is 85.1 Å². The topological polar surface area (TPSA) is 124 Å². The summed E-state index contributed by atoms with van der Waals surface area (Å²) in [6.45, 7) is 12.6. The van der Waals surface area contributed by atoms with Gasteiger partial charge in [-0.05, 0) is 74.2 Å². The van der Waals surface area contributed by atoms with Crippen molar-refractivity contribution in [1.29, 1.82) is 0 Å². The van der Waals surface area contributed by atoms with E-state index < -0.39 is 30.7 Å². The van der Waals surface area contributed by atoms with Gasteiger partial charge in [-0.25, -0.2) is 9.59 Å². The van der Waals surface area contributed by atoms with Crippen LogP contribution in [0, 0.1) is 13.8 Å². The maximum atomic E-state index is 12.2. The lowest BCUT2D eigenvalue weighted by Crippen LogP contribution is -2.16. The van der Waals surface area contributed by atoms with Gasteiger partial charge in [-0.3, -0.25) is 9.59 Å². The van der Waals surface area contributed by atoms with E-state index in [1.54, 1.807) is 50.2 Å². The molecule has 0 radical (unpaired) electrons. The van der Waals surface area contributed by atoms with Crippen molar-refractivity contribution in [2.75, 3.05) is 20.4 Å². The van der Waals surface area contributed by atoms with Gasteiger partial charge in [-0.2, -0.15) is 0 Å². The van der Waals surface area contributed by atoms with Crippen LogP contribution in [0.15, 0.2) is 60.7 Å². The standard InChI is InChI=1S/C29H32O10.6CH4/c1-18(2)28(32)38-15-34-24-9-7-22(20(5)11-24)13-26(30)36-17-37-27(31)14-23-8-10-25(12-21(23)6)35-16-39-29(33)19(3)4;;;;;;/h7-12H,1,3,13-17H2,2,4-6H3;6*1H4. The molecule has 0 heterocycles. The van der Waals surface area contributed by atoms with Crippen molar-refractivity contribution in [3.8, 4) is 11.5 Å². The predicted octanol–water partition coefficient (Wildman–Crippen LogP) is 7.86. The third-order valence-corrected chi connectivity index (χ3v) is 5.27. The van der Waals surface area contributed by atoms with E-state index in [0.717, 1.165) is 11.1 Å². The zero-order valence-corrected chi connectivity index (χ0v) is 22.5. The Labute approximate surface area is 271 Å². The fourth-order valence-electron chi connectivity index (χ4n) is 3.04. The highest BCUT2D eigenvalue weighted by Crippen LogP contribution is 2.20. The summed E-state index contributed by atoms with van der Waals surface area (Å²) in [5.74, 6) is -1.31. The van der Waals surface area contributed by atoms with Crippen molar-refractivity contribution in [1.82, 2.24) is 0 Å². The second-order valence-electron chi connectivity index (χ2n) is 8.63. The molecule has 0 aliphatic rings. The molecule has 2 rings (SSSR count). The number of carbonyl (C=O) groups excluding carboxylic acids is 4. The molecule has 10 nitrogen and oxygen atoms in total. The molecule has 0 saturated heterocycles. The zero-order valence-electron chi connectivity index (χ0n) is 22.5. The van der Waals surface area contributed by atoms with Crippen molar-refractivity contribution in [2.24, 2.45) is 0 Å². The van der Waals surface area contributed by atoms with Crippen molar-refractivity contribution >= 4 is 23.9 Å². The van der Waals surface area contributed by atoms with E-state index in [4.69, 9.17) is 28.4 Å². The second-order valence-corrected chi connectivity index (χ2v) is 8.63. The molecule has 2 aromatic carbocycles. The normalized spacial score (nSPS) is 8.80. The molecule has 256 valence electrons. The fourth-order valence-corrected chi connectivity index (χ4v) is 3.04. The van der Waals surface area contributed by atoms with Crippen LogP contribution in [-0.4, -0.2) is 44.3 Å². The number of carbonyl (C=O) groups is 4. The summed E-state index contributed by atoms with van der Waals surface area (Å²) in [5.41, 5.74) is 3.47. The smallest absolute Gasteiger partial charge is 0.335 e. The highest BCUT2D eigenvalue weighted by atomic mass is 16.7. The van der Waals surface area contributed by atoms with Crippen LogP contribution in [-0.2, 0) is 51.0 Å². The minimum atomic E-state index is -0.569. The Hall–Kier alpha value is -4.60. The van der Waals surface area contributed by atoms with Crippen LogP contribution in [0.2, 0.25) is 0 Å². The molecule has 2 aromatic rings. The quantitative estimate of drug-likeness (QED) is 0.0876. The van der Waals surface area contributed by atoms with Gasteiger partial charge in [0, 0.05) is 11.1 Å². The van der Waals surface area contributed by atoms with Gasteiger partial charge in [-0.15, -0.1) is 0 Å². The highest BCUT2D eigenvalue weighted by Gasteiger charge is 2.13. The molecule has 0 spiro atoms. The number of rotatable bonds is 14. The molecule has 0 bridgehead atoms. The van der Waals surface area contributed by atoms with E-state index in [-0.39, 0.29) is 82.1 Å². The summed E-state index contributed by atoms with van der Waals surface area (Å²) in [6, 6.07) is 10.1. The Morgan fingerprint density at radius 2 is 0.889 bits per heavy atom. The molecule has 0 unspecified atom stereocenters. The van der Waals surface area contributed by atoms with Gasteiger partial charge in [0.1, 0.15) is 11.5 Å². The first-order valence-corrected chi connectivity index (χ1v) is 11.9. The Kier molecular flexibility index (Phi) is 27.6. The summed E-state index contributed by atoms with van der Waals surface area (Å²) in [4.78, 5) is 47.2. The van der Waals surface area contributed by atoms with E-state index in [1.165, 1.54) is 13.8 Å². The number of esters is 4. The molecular weight excluding hydrogens is 580 g/mol. The van der Waals surface area contributed by atoms with Crippen LogP contribution in [0.3, 0.4) is 0 Å². The molecular formula is C35H56O10. The Morgan fingerprint density at radius 3 is 1.18 bits per heavy atom. The third kappa shape index (κ3) is 18.0. The van der Waals surface area contributed by atoms with Crippen molar-refractivity contribution in [3.63, 3.8) is 0 Å². The van der Waals surface area contributed by atoms with E-state index in [9.17, 15) is 19.2 Å². The van der Waals surface area contributed by atoms with Crippen molar-refractivity contribution in [3.05, 3.63) is 83.0 Å². The minimum absolute atomic E-state index is 0. The van der Waals surface area contributed by atoms with Gasteiger partial charge < -0.3 is 28.4 Å². The Balaban J connectivity index is -0.000000889. The predicted molar refractivity (Wildman–Crippen MR) is 180 cm³/mol. The summed E-state index contributed by atoms with van der Waals surface area (Å²) in [6.07, 6.45) is -0.0624. The largest absolute Gasteiger partial charge is 0.457 e. The van der Waals surface area contributed by atoms with Gasteiger partial charge in [-0.1, -0.05) is 69.9 Å². The summed E-state index contributed by atoms with van der Waals surface area (Å²) in [5, 5.41) is 0. The van der Waals surface area contributed by atoms with Crippen LogP contribution >= 0.6 is 0 Å². The number of hydrogen-bond donors (Lipinski definition) is 0. The van der Waals surface area contributed by atoms with Crippen LogP contribution < -0.4 is 9.47 Å². The lowest BCUT2D eigenvalue weighted by atomic mass is 10.1. The lowest BCUT2D eigenvalue weighted by molar-refractivity contribution is -0.166. The molecule has 0 aliphatic heterocycles. The average Bonchev–Trinajstić information content (AvgIpc) is 2.87. The molecule has 0 fully saturated rings. The first-order chi connectivity index (χ1) is 18.5. The number of aryl methyl sites for hydroxylation is 2. The fraction of sp³-hybridized carbons (Fsp3) is 0.429. The molecule has 0 aromatic heterocycles. The third-order valence-electron chi connectivity index (χ3n) is 5.27. The van der Waals surface area contributed by atoms with E-state index in [2.05, 4.69) is 13.2 Å².